The highest BCUT2D eigenvalue weighted by Gasteiger charge is 2.19. The molecule has 0 radical (unpaired) electrons. The lowest BCUT2D eigenvalue weighted by molar-refractivity contribution is -0.122. The van der Waals surface area contributed by atoms with Gasteiger partial charge in [0.15, 0.2) is 6.10 Å². The minimum Gasteiger partial charge on any atom is -0.494 e. The first-order valence-corrected chi connectivity index (χ1v) is 10.8. The van der Waals surface area contributed by atoms with Gasteiger partial charge >= 0.3 is 0 Å². The summed E-state index contributed by atoms with van der Waals surface area (Å²) >= 11 is 0. The highest BCUT2D eigenvalue weighted by atomic mass is 32.2. The molecule has 0 aliphatic carbocycles. The quantitative estimate of drug-likeness (QED) is 0.691. The lowest BCUT2D eigenvalue weighted by Crippen LogP contribution is -2.32. The Kier molecular flexibility index (Phi) is 7.28. The second kappa shape index (κ2) is 9.45. The Labute approximate surface area is 166 Å². The molecule has 0 saturated carbocycles. The van der Waals surface area contributed by atoms with E-state index < -0.39 is 16.1 Å². The van der Waals surface area contributed by atoms with Crippen molar-refractivity contribution in [3.05, 3.63) is 48.5 Å². The van der Waals surface area contributed by atoms with Gasteiger partial charge in [0.2, 0.25) is 10.0 Å². The molecule has 2 aromatic carbocycles. The van der Waals surface area contributed by atoms with Gasteiger partial charge in [0.05, 0.1) is 18.6 Å². The molecule has 0 aromatic heterocycles. The van der Waals surface area contributed by atoms with E-state index in [2.05, 4.69) is 5.32 Å². The Bertz CT molecular complexity index is 880. The molecule has 7 nitrogen and oxygen atoms in total. The molecular weight excluding hydrogens is 380 g/mol. The van der Waals surface area contributed by atoms with Gasteiger partial charge in [-0.1, -0.05) is 6.92 Å². The average Bonchev–Trinajstić information content (AvgIpc) is 2.67. The molecule has 1 atom stereocenters. The number of carbonyl (C=O) groups is 1. The normalized spacial score (nSPS) is 12.1. The highest BCUT2D eigenvalue weighted by Crippen LogP contribution is 2.22. The van der Waals surface area contributed by atoms with E-state index in [1.165, 1.54) is 11.4 Å². The molecule has 0 saturated heterocycles. The van der Waals surface area contributed by atoms with Gasteiger partial charge < -0.3 is 14.8 Å². The van der Waals surface area contributed by atoms with Gasteiger partial charge in [0.1, 0.15) is 11.5 Å². The van der Waals surface area contributed by atoms with Crippen molar-refractivity contribution in [3.63, 3.8) is 0 Å². The fraction of sp³-hybridized carbons (Fsp3) is 0.350. The van der Waals surface area contributed by atoms with Gasteiger partial charge in [0.25, 0.3) is 5.91 Å². The lowest BCUT2D eigenvalue weighted by Gasteiger charge is -2.19. The fourth-order valence-electron chi connectivity index (χ4n) is 2.44. The second-order valence-electron chi connectivity index (χ2n) is 6.19. The highest BCUT2D eigenvalue weighted by molar-refractivity contribution is 7.92. The SMILES string of the molecule is CCOc1ccc(NC(=O)[C@H](CC)Oc2ccc(N(C)S(C)(=O)=O)cc2)cc1. The number of nitrogens with zero attached hydrogens (tertiary/aromatic N) is 1. The maximum absolute atomic E-state index is 12.5. The third-order valence-corrected chi connectivity index (χ3v) is 5.28. The Morgan fingerprint density at radius 3 is 2.11 bits per heavy atom. The number of ether oxygens (including phenoxy) is 2. The average molecular weight is 407 g/mol. The molecule has 28 heavy (non-hydrogen) atoms. The number of benzene rings is 2. The summed E-state index contributed by atoms with van der Waals surface area (Å²) < 4.78 is 35.5. The molecule has 2 aromatic rings. The zero-order chi connectivity index (χ0) is 20.7. The van der Waals surface area contributed by atoms with Gasteiger partial charge in [-0.3, -0.25) is 9.10 Å². The van der Waals surface area contributed by atoms with E-state index in [1.54, 1.807) is 48.5 Å². The molecule has 152 valence electrons. The van der Waals surface area contributed by atoms with Crippen LogP contribution in [0.4, 0.5) is 11.4 Å². The van der Waals surface area contributed by atoms with Gasteiger partial charge in [-0.15, -0.1) is 0 Å². The van der Waals surface area contributed by atoms with E-state index in [-0.39, 0.29) is 5.91 Å². The molecule has 0 aliphatic heterocycles. The maximum Gasteiger partial charge on any atom is 0.265 e. The van der Waals surface area contributed by atoms with E-state index >= 15 is 0 Å². The van der Waals surface area contributed by atoms with Crippen molar-refractivity contribution in [2.75, 3.05) is 29.5 Å². The van der Waals surface area contributed by atoms with Crippen LogP contribution in [-0.4, -0.2) is 40.3 Å². The van der Waals surface area contributed by atoms with Crippen LogP contribution < -0.4 is 19.1 Å². The summed E-state index contributed by atoms with van der Waals surface area (Å²) in [6.07, 6.45) is 0.939. The van der Waals surface area contributed by atoms with E-state index in [0.717, 1.165) is 12.0 Å². The molecule has 0 bridgehead atoms. The van der Waals surface area contributed by atoms with Crippen LogP contribution in [0.5, 0.6) is 11.5 Å². The summed E-state index contributed by atoms with van der Waals surface area (Å²) in [7, 11) is -1.86. The fourth-order valence-corrected chi connectivity index (χ4v) is 2.94. The van der Waals surface area contributed by atoms with Gasteiger partial charge in [0, 0.05) is 12.7 Å². The summed E-state index contributed by atoms with van der Waals surface area (Å²) in [6.45, 7) is 4.34. The van der Waals surface area contributed by atoms with Crippen LogP contribution in [0.3, 0.4) is 0 Å². The Morgan fingerprint density at radius 1 is 1.04 bits per heavy atom. The smallest absolute Gasteiger partial charge is 0.265 e. The summed E-state index contributed by atoms with van der Waals surface area (Å²) in [5.74, 6) is 0.964. The number of amides is 1. The zero-order valence-electron chi connectivity index (χ0n) is 16.5. The van der Waals surface area contributed by atoms with Crippen molar-refractivity contribution < 1.29 is 22.7 Å². The standard InChI is InChI=1S/C20H26N2O5S/c1-5-19(20(23)21-15-7-11-17(12-8-15)26-6-2)27-18-13-9-16(10-14-18)22(3)28(4,24)25/h7-14,19H,5-6H2,1-4H3,(H,21,23)/t19-/m0/s1. The predicted molar refractivity (Wildman–Crippen MR) is 111 cm³/mol. The molecule has 1 N–H and O–H groups in total. The third-order valence-electron chi connectivity index (χ3n) is 4.07. The predicted octanol–water partition coefficient (Wildman–Crippen LogP) is 3.28. The molecule has 8 heteroatoms. The topological polar surface area (TPSA) is 84.9 Å². The monoisotopic (exact) mass is 406 g/mol. The summed E-state index contributed by atoms with van der Waals surface area (Å²) in [4.78, 5) is 12.5. The van der Waals surface area contributed by atoms with Crippen molar-refractivity contribution in [3.8, 4) is 11.5 Å². The number of nitrogens with one attached hydrogen (secondary N) is 1. The van der Waals surface area contributed by atoms with Crippen molar-refractivity contribution >= 4 is 27.3 Å². The van der Waals surface area contributed by atoms with Crippen LogP contribution in [0.15, 0.2) is 48.5 Å². The first-order valence-electron chi connectivity index (χ1n) is 8.99. The second-order valence-corrected chi connectivity index (χ2v) is 8.20. The minimum absolute atomic E-state index is 0.260. The molecule has 0 aliphatic rings. The lowest BCUT2D eigenvalue weighted by atomic mass is 10.2. The first kappa shape index (κ1) is 21.6. The van der Waals surface area contributed by atoms with Crippen LogP contribution in [0.1, 0.15) is 20.3 Å². The Hall–Kier alpha value is -2.74. The molecule has 2 rings (SSSR count). The van der Waals surface area contributed by atoms with Gasteiger partial charge in [-0.25, -0.2) is 8.42 Å². The third kappa shape index (κ3) is 5.88. The van der Waals surface area contributed by atoms with Crippen LogP contribution in [-0.2, 0) is 14.8 Å². The number of sulfonamides is 1. The molecule has 1 amide bonds. The van der Waals surface area contributed by atoms with Crippen LogP contribution in [0.25, 0.3) is 0 Å². The summed E-state index contributed by atoms with van der Waals surface area (Å²) in [6, 6.07) is 13.7. The molecular formula is C20H26N2O5S. The summed E-state index contributed by atoms with van der Waals surface area (Å²) in [5.41, 5.74) is 1.17. The molecule has 0 fully saturated rings. The minimum atomic E-state index is -3.33. The zero-order valence-corrected chi connectivity index (χ0v) is 17.3. The Balaban J connectivity index is 2.01. The molecule has 0 spiro atoms. The largest absolute Gasteiger partial charge is 0.494 e. The van der Waals surface area contributed by atoms with E-state index in [1.807, 2.05) is 13.8 Å². The molecule has 0 unspecified atom stereocenters. The van der Waals surface area contributed by atoms with Crippen LogP contribution in [0, 0.1) is 0 Å². The van der Waals surface area contributed by atoms with Crippen molar-refractivity contribution in [1.29, 1.82) is 0 Å². The van der Waals surface area contributed by atoms with E-state index in [0.29, 0.717) is 30.2 Å². The van der Waals surface area contributed by atoms with E-state index in [4.69, 9.17) is 9.47 Å². The van der Waals surface area contributed by atoms with Crippen molar-refractivity contribution in [2.24, 2.45) is 0 Å². The van der Waals surface area contributed by atoms with E-state index in [9.17, 15) is 13.2 Å². The number of rotatable bonds is 9. The number of carbonyl (C=O) groups excluding carboxylic acids is 1. The van der Waals surface area contributed by atoms with Crippen molar-refractivity contribution in [1.82, 2.24) is 0 Å². The van der Waals surface area contributed by atoms with Gasteiger partial charge in [-0.2, -0.15) is 0 Å². The number of hydrogen-bond donors (Lipinski definition) is 1. The number of anilines is 2. The molecule has 0 heterocycles. The first-order chi connectivity index (χ1) is 13.2. The Morgan fingerprint density at radius 2 is 1.61 bits per heavy atom. The maximum atomic E-state index is 12.5. The van der Waals surface area contributed by atoms with Crippen LogP contribution >= 0.6 is 0 Å². The van der Waals surface area contributed by atoms with Crippen molar-refractivity contribution in [2.45, 2.75) is 26.4 Å². The van der Waals surface area contributed by atoms with Gasteiger partial charge in [-0.05, 0) is 61.9 Å². The number of hydrogen-bond acceptors (Lipinski definition) is 5. The van der Waals surface area contributed by atoms with Crippen LogP contribution in [0.2, 0.25) is 0 Å². The summed E-state index contributed by atoms with van der Waals surface area (Å²) in [5, 5.41) is 2.82.